The van der Waals surface area contributed by atoms with Crippen LogP contribution in [0.1, 0.15) is 28.1 Å². The topological polar surface area (TPSA) is 17.8 Å². The van der Waals surface area contributed by atoms with Gasteiger partial charge in [0.05, 0.1) is 22.6 Å². The zero-order valence-corrected chi connectivity index (χ0v) is 20.9. The van der Waals surface area contributed by atoms with Gasteiger partial charge in [-0.1, -0.05) is 54.6 Å². The van der Waals surface area contributed by atoms with Crippen molar-refractivity contribution in [2.75, 3.05) is 0 Å². The van der Waals surface area contributed by atoms with Crippen LogP contribution in [0.15, 0.2) is 89.6 Å². The van der Waals surface area contributed by atoms with Gasteiger partial charge >= 0.3 is 6.18 Å². The van der Waals surface area contributed by atoms with Crippen molar-refractivity contribution >= 4 is 67.1 Å². The third kappa shape index (κ3) is 4.75. The minimum atomic E-state index is -4.43. The molecule has 7 heteroatoms. The Morgan fingerprint density at radius 3 is 1.95 bits per heavy atom. The van der Waals surface area contributed by atoms with Crippen LogP contribution in [0, 0.1) is 0 Å². The molecule has 2 nitrogen and oxygen atoms in total. The van der Waals surface area contributed by atoms with Crippen LogP contribution < -0.4 is 0 Å². The van der Waals surface area contributed by atoms with Crippen LogP contribution in [0.3, 0.4) is 0 Å². The second-order valence-corrected chi connectivity index (χ2v) is 10.3. The van der Waals surface area contributed by atoms with Crippen molar-refractivity contribution in [1.82, 2.24) is 9.78 Å². The van der Waals surface area contributed by atoms with Gasteiger partial charge in [-0.3, -0.25) is 0 Å². The number of hydrogen-bond acceptors (Lipinski definition) is 3. The molecule has 0 aliphatic rings. The van der Waals surface area contributed by atoms with Gasteiger partial charge in [-0.05, 0) is 81.2 Å². The molecule has 0 saturated carbocycles. The smallest absolute Gasteiger partial charge is 0.233 e. The highest BCUT2D eigenvalue weighted by molar-refractivity contribution is 7.17. The molecule has 6 rings (SSSR count). The van der Waals surface area contributed by atoms with Crippen LogP contribution >= 0.6 is 22.7 Å². The lowest BCUT2D eigenvalue weighted by Gasteiger charge is -2.10. The van der Waals surface area contributed by atoms with Gasteiger partial charge in [0, 0.05) is 9.40 Å². The first-order chi connectivity index (χ1) is 18.0. The average molecular weight is 529 g/mol. The van der Waals surface area contributed by atoms with Crippen molar-refractivity contribution in [2.24, 2.45) is 0 Å². The number of thiophene rings is 2. The largest absolute Gasteiger partial charge is 0.416 e. The lowest BCUT2D eigenvalue weighted by molar-refractivity contribution is -0.137. The number of nitrogens with zero attached hydrogens (tertiary/aromatic N) is 2. The van der Waals surface area contributed by atoms with E-state index in [1.54, 1.807) is 33.4 Å². The number of halogens is 3. The predicted octanol–water partition coefficient (Wildman–Crippen LogP) is 9.66. The molecule has 0 N–H and O–H groups in total. The van der Waals surface area contributed by atoms with E-state index < -0.39 is 11.7 Å². The second-order valence-electron chi connectivity index (χ2n) is 8.50. The van der Waals surface area contributed by atoms with E-state index in [1.165, 1.54) is 15.5 Å². The maximum Gasteiger partial charge on any atom is 0.416 e. The maximum atomic E-state index is 13.4. The van der Waals surface area contributed by atoms with Crippen molar-refractivity contribution in [3.8, 4) is 5.69 Å². The SMILES string of the molecule is FC(F)(F)c1cccc(-n2nc(/C=C/c3csc4ccccc34)cc2/C=C/c2csc3ccccc23)c1. The van der Waals surface area contributed by atoms with Crippen molar-refractivity contribution in [3.05, 3.63) is 118 Å². The predicted molar refractivity (Wildman–Crippen MR) is 150 cm³/mol. The molecule has 0 bridgehead atoms. The molecule has 0 spiro atoms. The van der Waals surface area contributed by atoms with Crippen molar-refractivity contribution < 1.29 is 13.2 Å². The van der Waals surface area contributed by atoms with Crippen LogP contribution in [0.5, 0.6) is 0 Å². The van der Waals surface area contributed by atoms with Crippen LogP contribution in [0.25, 0.3) is 50.2 Å². The highest BCUT2D eigenvalue weighted by Crippen LogP contribution is 2.32. The normalized spacial score (nSPS) is 12.5. The van der Waals surface area contributed by atoms with Crippen LogP contribution in [-0.2, 0) is 6.18 Å². The number of fused-ring (bicyclic) bond motifs is 2. The van der Waals surface area contributed by atoms with Crippen LogP contribution in [0.4, 0.5) is 13.2 Å². The van der Waals surface area contributed by atoms with E-state index in [9.17, 15) is 13.2 Å². The summed E-state index contributed by atoms with van der Waals surface area (Å²) in [5.74, 6) is 0. The summed E-state index contributed by atoms with van der Waals surface area (Å²) < 4.78 is 44.2. The first kappa shape index (κ1) is 23.5. The zero-order valence-electron chi connectivity index (χ0n) is 19.3. The van der Waals surface area contributed by atoms with Crippen LogP contribution in [0.2, 0.25) is 0 Å². The molecule has 0 aliphatic heterocycles. The molecule has 37 heavy (non-hydrogen) atoms. The number of hydrogen-bond donors (Lipinski definition) is 0. The Morgan fingerprint density at radius 1 is 0.676 bits per heavy atom. The Balaban J connectivity index is 1.42. The van der Waals surface area contributed by atoms with Crippen molar-refractivity contribution in [3.63, 3.8) is 0 Å². The van der Waals surface area contributed by atoms with Gasteiger partial charge < -0.3 is 0 Å². The summed E-state index contributed by atoms with van der Waals surface area (Å²) in [6, 6.07) is 23.4. The molecule has 3 aromatic carbocycles. The van der Waals surface area contributed by atoms with E-state index in [2.05, 4.69) is 40.1 Å². The van der Waals surface area contributed by atoms with Crippen molar-refractivity contribution in [1.29, 1.82) is 0 Å². The molecule has 3 heterocycles. The summed E-state index contributed by atoms with van der Waals surface area (Å²) in [6.45, 7) is 0. The number of aromatic nitrogens is 2. The minimum Gasteiger partial charge on any atom is -0.233 e. The first-order valence-corrected chi connectivity index (χ1v) is 13.3. The average Bonchev–Trinajstić information content (AvgIpc) is 3.62. The van der Waals surface area contributed by atoms with Gasteiger partial charge in [-0.25, -0.2) is 4.68 Å². The molecule has 0 saturated heterocycles. The van der Waals surface area contributed by atoms with E-state index in [1.807, 2.05) is 54.6 Å². The lowest BCUT2D eigenvalue weighted by atomic mass is 10.1. The Morgan fingerprint density at radius 2 is 1.30 bits per heavy atom. The standard InChI is InChI=1S/C30H19F3N2S2/c31-30(32,33)22-6-5-7-24(16-22)35-25(15-13-21-19-37-29-11-4-2-9-27(21)29)17-23(34-35)14-12-20-18-36-28-10-3-1-8-26(20)28/h1-19H/b14-12+,15-13+. The van der Waals surface area contributed by atoms with Gasteiger partial charge in [-0.2, -0.15) is 18.3 Å². The highest BCUT2D eigenvalue weighted by atomic mass is 32.1. The van der Waals surface area contributed by atoms with Crippen LogP contribution in [-0.4, -0.2) is 9.78 Å². The van der Waals surface area contributed by atoms with Gasteiger partial charge in [0.2, 0.25) is 0 Å². The van der Waals surface area contributed by atoms with Gasteiger partial charge in [0.25, 0.3) is 0 Å². The first-order valence-electron chi connectivity index (χ1n) is 11.5. The number of rotatable bonds is 5. The van der Waals surface area contributed by atoms with E-state index in [0.717, 1.165) is 34.0 Å². The summed E-state index contributed by atoms with van der Waals surface area (Å²) in [4.78, 5) is 0. The molecule has 0 atom stereocenters. The molecule has 6 aromatic rings. The number of benzene rings is 3. The van der Waals surface area contributed by atoms with Gasteiger partial charge in [-0.15, -0.1) is 22.7 Å². The van der Waals surface area contributed by atoms with E-state index >= 15 is 0 Å². The Bertz CT molecular complexity index is 1780. The summed E-state index contributed by atoms with van der Waals surface area (Å²) in [7, 11) is 0. The minimum absolute atomic E-state index is 0.352. The molecule has 0 unspecified atom stereocenters. The third-order valence-corrected chi connectivity index (χ3v) is 8.03. The quantitative estimate of drug-likeness (QED) is 0.218. The fourth-order valence-corrected chi connectivity index (χ4v) is 6.10. The van der Waals surface area contributed by atoms with Gasteiger partial charge in [0.1, 0.15) is 0 Å². The zero-order chi connectivity index (χ0) is 25.4. The summed E-state index contributed by atoms with van der Waals surface area (Å²) in [5.41, 5.74) is 3.12. The van der Waals surface area contributed by atoms with Crippen molar-refractivity contribution in [2.45, 2.75) is 6.18 Å². The summed E-state index contributed by atoms with van der Waals surface area (Å²) >= 11 is 3.33. The molecule has 0 aliphatic carbocycles. The highest BCUT2D eigenvalue weighted by Gasteiger charge is 2.30. The van der Waals surface area contributed by atoms with Gasteiger partial charge in [0.15, 0.2) is 0 Å². The number of alkyl halides is 3. The third-order valence-electron chi connectivity index (χ3n) is 6.06. The molecule has 3 aromatic heterocycles. The molecule has 0 radical (unpaired) electrons. The monoisotopic (exact) mass is 528 g/mol. The van der Waals surface area contributed by atoms with E-state index in [0.29, 0.717) is 17.1 Å². The fraction of sp³-hybridized carbons (Fsp3) is 0.0333. The van der Waals surface area contributed by atoms with E-state index in [4.69, 9.17) is 0 Å². The molecule has 0 fully saturated rings. The molecular weight excluding hydrogens is 509 g/mol. The molecule has 182 valence electrons. The summed E-state index contributed by atoms with van der Waals surface area (Å²) in [6.07, 6.45) is 3.35. The Kier molecular flexibility index (Phi) is 6.02. The second kappa shape index (κ2) is 9.50. The fourth-order valence-electron chi connectivity index (χ4n) is 4.24. The lowest BCUT2D eigenvalue weighted by Crippen LogP contribution is -2.07. The molecule has 0 amide bonds. The van der Waals surface area contributed by atoms with E-state index in [-0.39, 0.29) is 0 Å². The summed E-state index contributed by atoms with van der Waals surface area (Å²) in [5, 5.41) is 11.1. The molecular formula is C30H19F3N2S2. The Hall–Kier alpha value is -3.94. The maximum absolute atomic E-state index is 13.4. The Labute approximate surface area is 219 Å².